The zero-order chi connectivity index (χ0) is 15.6. The van der Waals surface area contributed by atoms with Gasteiger partial charge in [-0.2, -0.15) is 0 Å². The van der Waals surface area contributed by atoms with Gasteiger partial charge in [-0.3, -0.25) is 0 Å². The lowest BCUT2D eigenvalue weighted by atomic mass is 10.0. The number of ether oxygens (including phenoxy) is 2. The quantitative estimate of drug-likeness (QED) is 0.626. The normalized spacial score (nSPS) is 12.1. The Morgan fingerprint density at radius 2 is 1.62 bits per heavy atom. The monoisotopic (exact) mass is 392 g/mol. The minimum atomic E-state index is -0.477. The van der Waals surface area contributed by atoms with E-state index in [4.69, 9.17) is 32.7 Å². The molecule has 2 nitrogen and oxygen atoms in total. The molecule has 0 fully saturated rings. The van der Waals surface area contributed by atoms with Crippen molar-refractivity contribution in [2.75, 3.05) is 14.2 Å². The second-order valence-electron chi connectivity index (χ2n) is 4.26. The van der Waals surface area contributed by atoms with Crippen molar-refractivity contribution in [1.29, 1.82) is 0 Å². The summed E-state index contributed by atoms with van der Waals surface area (Å²) >= 11 is 15.5. The molecule has 0 N–H and O–H groups in total. The highest BCUT2D eigenvalue weighted by Crippen LogP contribution is 2.41. The third-order valence-corrected chi connectivity index (χ3v) is 4.67. The summed E-state index contributed by atoms with van der Waals surface area (Å²) in [6.07, 6.45) is 0. The van der Waals surface area contributed by atoms with E-state index in [0.717, 1.165) is 5.56 Å². The van der Waals surface area contributed by atoms with E-state index in [2.05, 4.69) is 15.9 Å². The number of benzene rings is 2. The van der Waals surface area contributed by atoms with Gasteiger partial charge in [-0.05, 0) is 29.3 Å². The minimum absolute atomic E-state index is 0.0804. The van der Waals surface area contributed by atoms with Gasteiger partial charge in [0.05, 0.1) is 24.1 Å². The van der Waals surface area contributed by atoms with Gasteiger partial charge < -0.3 is 9.47 Å². The van der Waals surface area contributed by atoms with Crippen LogP contribution in [0.15, 0.2) is 30.3 Å². The maximum atomic E-state index is 13.6. The molecule has 21 heavy (non-hydrogen) atoms. The van der Waals surface area contributed by atoms with Crippen LogP contribution in [0.2, 0.25) is 10.0 Å². The van der Waals surface area contributed by atoms with Crippen LogP contribution >= 0.6 is 39.1 Å². The summed E-state index contributed by atoms with van der Waals surface area (Å²) in [6, 6.07) is 8.03. The Labute approximate surface area is 140 Å². The van der Waals surface area contributed by atoms with E-state index in [1.807, 2.05) is 0 Å². The Morgan fingerprint density at radius 3 is 2.19 bits per heavy atom. The average molecular weight is 394 g/mol. The van der Waals surface area contributed by atoms with Crippen molar-refractivity contribution in [2.45, 2.75) is 4.83 Å². The molecule has 112 valence electrons. The summed E-state index contributed by atoms with van der Waals surface area (Å²) in [6.45, 7) is 0. The van der Waals surface area contributed by atoms with Crippen molar-refractivity contribution in [3.05, 3.63) is 57.3 Å². The molecule has 0 saturated carbocycles. The van der Waals surface area contributed by atoms with Crippen LogP contribution in [0.5, 0.6) is 11.5 Å². The van der Waals surface area contributed by atoms with E-state index in [-0.39, 0.29) is 9.85 Å². The van der Waals surface area contributed by atoms with Gasteiger partial charge in [0.25, 0.3) is 0 Å². The largest absolute Gasteiger partial charge is 0.493 e. The number of hydrogen-bond acceptors (Lipinski definition) is 2. The Bertz CT molecular complexity index is 664. The van der Waals surface area contributed by atoms with E-state index < -0.39 is 5.82 Å². The fraction of sp³-hybridized carbons (Fsp3) is 0.200. The zero-order valence-corrected chi connectivity index (χ0v) is 14.4. The molecule has 0 heterocycles. The van der Waals surface area contributed by atoms with E-state index in [9.17, 15) is 4.39 Å². The topological polar surface area (TPSA) is 18.5 Å². The first-order valence-electron chi connectivity index (χ1n) is 5.98. The third kappa shape index (κ3) is 3.44. The highest BCUT2D eigenvalue weighted by Gasteiger charge is 2.18. The third-order valence-electron chi connectivity index (χ3n) is 3.01. The SMILES string of the molecule is COc1cc(Cl)c(C(Br)c2ccc(Cl)c(F)c2)cc1OC. The van der Waals surface area contributed by atoms with Crippen molar-refractivity contribution < 1.29 is 13.9 Å². The van der Waals surface area contributed by atoms with Gasteiger partial charge in [-0.1, -0.05) is 45.2 Å². The summed E-state index contributed by atoms with van der Waals surface area (Å²) in [4.78, 5) is -0.295. The van der Waals surface area contributed by atoms with Gasteiger partial charge in [0.1, 0.15) is 5.82 Å². The molecule has 0 aromatic heterocycles. The second-order valence-corrected chi connectivity index (χ2v) is 5.99. The number of rotatable bonds is 4. The molecule has 0 radical (unpaired) electrons. The molecule has 0 amide bonds. The molecule has 0 saturated heterocycles. The second kappa shape index (κ2) is 6.86. The van der Waals surface area contributed by atoms with E-state index >= 15 is 0 Å². The molecule has 0 aliphatic heterocycles. The molecule has 2 aromatic rings. The summed E-state index contributed by atoms with van der Waals surface area (Å²) in [5, 5.41) is 0.571. The zero-order valence-electron chi connectivity index (χ0n) is 11.3. The van der Waals surface area contributed by atoms with Crippen molar-refractivity contribution in [1.82, 2.24) is 0 Å². The Kier molecular flexibility index (Phi) is 5.36. The number of hydrogen-bond donors (Lipinski definition) is 0. The van der Waals surface area contributed by atoms with Crippen LogP contribution in [0.3, 0.4) is 0 Å². The van der Waals surface area contributed by atoms with Gasteiger partial charge in [0.2, 0.25) is 0 Å². The van der Waals surface area contributed by atoms with Gasteiger partial charge in [0.15, 0.2) is 11.5 Å². The summed E-state index contributed by atoms with van der Waals surface area (Å²) in [5.41, 5.74) is 1.45. The van der Waals surface area contributed by atoms with Gasteiger partial charge in [0, 0.05) is 11.1 Å². The molecule has 6 heteroatoms. The van der Waals surface area contributed by atoms with Crippen LogP contribution in [0, 0.1) is 5.82 Å². The van der Waals surface area contributed by atoms with Crippen molar-refractivity contribution >= 4 is 39.1 Å². The minimum Gasteiger partial charge on any atom is -0.493 e. The molecule has 0 aliphatic carbocycles. The smallest absolute Gasteiger partial charge is 0.162 e. The average Bonchev–Trinajstić information content (AvgIpc) is 2.49. The van der Waals surface area contributed by atoms with Crippen LogP contribution < -0.4 is 9.47 Å². The molecule has 0 spiro atoms. The van der Waals surface area contributed by atoms with Gasteiger partial charge >= 0.3 is 0 Å². The number of halogens is 4. The predicted octanol–water partition coefficient (Wildman–Crippen LogP) is 5.63. The number of alkyl halides is 1. The first-order valence-corrected chi connectivity index (χ1v) is 7.65. The maximum Gasteiger partial charge on any atom is 0.162 e. The van der Waals surface area contributed by atoms with E-state index in [1.54, 1.807) is 25.3 Å². The molecular formula is C15H12BrCl2FO2. The first-order chi connectivity index (χ1) is 9.97. The van der Waals surface area contributed by atoms with Gasteiger partial charge in [-0.25, -0.2) is 4.39 Å². The lowest BCUT2D eigenvalue weighted by molar-refractivity contribution is 0.354. The highest BCUT2D eigenvalue weighted by molar-refractivity contribution is 9.09. The van der Waals surface area contributed by atoms with Crippen LogP contribution in [-0.4, -0.2) is 14.2 Å². The van der Waals surface area contributed by atoms with Crippen LogP contribution in [0.4, 0.5) is 4.39 Å². The standard InChI is InChI=1S/C15H12BrCl2FO2/c1-20-13-6-9(11(18)7-14(13)21-2)15(16)8-3-4-10(17)12(19)5-8/h3-7,15H,1-2H3. The van der Waals surface area contributed by atoms with Crippen molar-refractivity contribution in [3.8, 4) is 11.5 Å². The predicted molar refractivity (Wildman–Crippen MR) is 86.7 cm³/mol. The van der Waals surface area contributed by atoms with Crippen molar-refractivity contribution in [3.63, 3.8) is 0 Å². The molecular weight excluding hydrogens is 382 g/mol. The highest BCUT2D eigenvalue weighted by atomic mass is 79.9. The van der Waals surface area contributed by atoms with Crippen LogP contribution in [0.25, 0.3) is 0 Å². The first kappa shape index (κ1) is 16.4. The molecule has 2 aromatic carbocycles. The molecule has 2 rings (SSSR count). The Morgan fingerprint density at radius 1 is 1.00 bits per heavy atom. The maximum absolute atomic E-state index is 13.6. The lowest BCUT2D eigenvalue weighted by Crippen LogP contribution is -1.98. The summed E-state index contributed by atoms with van der Waals surface area (Å²) in [7, 11) is 3.08. The Hall–Kier alpha value is -0.970. The summed E-state index contributed by atoms with van der Waals surface area (Å²) < 4.78 is 24.0. The molecule has 0 bridgehead atoms. The molecule has 1 atom stereocenters. The summed E-state index contributed by atoms with van der Waals surface area (Å²) in [5.74, 6) is 0.610. The molecule has 1 unspecified atom stereocenters. The Balaban J connectivity index is 2.47. The number of methoxy groups -OCH3 is 2. The van der Waals surface area contributed by atoms with Crippen LogP contribution in [-0.2, 0) is 0 Å². The fourth-order valence-corrected chi connectivity index (χ4v) is 3.09. The van der Waals surface area contributed by atoms with E-state index in [1.165, 1.54) is 19.2 Å². The fourth-order valence-electron chi connectivity index (χ4n) is 1.91. The van der Waals surface area contributed by atoms with Crippen LogP contribution in [0.1, 0.15) is 16.0 Å². The van der Waals surface area contributed by atoms with Crippen molar-refractivity contribution in [2.24, 2.45) is 0 Å². The van der Waals surface area contributed by atoms with Gasteiger partial charge in [-0.15, -0.1) is 0 Å². The van der Waals surface area contributed by atoms with E-state index in [0.29, 0.717) is 22.1 Å². The lowest BCUT2D eigenvalue weighted by Gasteiger charge is -2.16. The molecule has 0 aliphatic rings.